The summed E-state index contributed by atoms with van der Waals surface area (Å²) in [5.74, 6) is 0. The van der Waals surface area contributed by atoms with Gasteiger partial charge in [0.05, 0.1) is 6.61 Å². The number of hydrogen-bond acceptors (Lipinski definition) is 4. The van der Waals surface area contributed by atoms with E-state index in [-0.39, 0.29) is 11.8 Å². The summed E-state index contributed by atoms with van der Waals surface area (Å²) in [6.07, 6.45) is -0.198. The minimum atomic E-state index is -0.198. The second kappa shape index (κ2) is 6.32. The molecule has 13 heavy (non-hydrogen) atoms. The summed E-state index contributed by atoms with van der Waals surface area (Å²) >= 11 is 0. The lowest BCUT2D eigenvalue weighted by Gasteiger charge is -2.27. The van der Waals surface area contributed by atoms with Crippen LogP contribution in [0.2, 0.25) is 0 Å². The van der Waals surface area contributed by atoms with Crippen molar-refractivity contribution in [2.75, 3.05) is 34.5 Å². The summed E-state index contributed by atoms with van der Waals surface area (Å²) in [5.41, 5.74) is -0.0515. The van der Waals surface area contributed by atoms with Gasteiger partial charge in [0.25, 0.3) is 0 Å². The van der Waals surface area contributed by atoms with Gasteiger partial charge >= 0.3 is 0 Å². The zero-order valence-electron chi connectivity index (χ0n) is 9.22. The molecule has 4 heteroatoms. The Kier molecular flexibility index (Phi) is 6.24. The third-order valence-electron chi connectivity index (χ3n) is 1.78. The van der Waals surface area contributed by atoms with Crippen molar-refractivity contribution in [1.29, 1.82) is 0 Å². The van der Waals surface area contributed by atoms with E-state index in [4.69, 9.17) is 14.2 Å². The third kappa shape index (κ3) is 5.99. The van der Waals surface area contributed by atoms with Gasteiger partial charge in [0.2, 0.25) is 0 Å². The van der Waals surface area contributed by atoms with Gasteiger partial charge in [0.15, 0.2) is 6.29 Å². The van der Waals surface area contributed by atoms with E-state index in [9.17, 15) is 0 Å². The minimum Gasteiger partial charge on any atom is -0.383 e. The van der Waals surface area contributed by atoms with Gasteiger partial charge in [-0.3, -0.25) is 0 Å². The van der Waals surface area contributed by atoms with Crippen molar-refractivity contribution in [2.24, 2.45) is 0 Å². The number of rotatable bonds is 7. The van der Waals surface area contributed by atoms with Gasteiger partial charge < -0.3 is 19.5 Å². The third-order valence-corrected chi connectivity index (χ3v) is 1.78. The van der Waals surface area contributed by atoms with E-state index in [2.05, 4.69) is 19.2 Å². The fraction of sp³-hybridized carbons (Fsp3) is 1.00. The predicted octanol–water partition coefficient (Wildman–Crippen LogP) is 0.620. The Morgan fingerprint density at radius 2 is 1.69 bits per heavy atom. The van der Waals surface area contributed by atoms with Gasteiger partial charge in [0, 0.05) is 33.4 Å². The van der Waals surface area contributed by atoms with Gasteiger partial charge in [-0.2, -0.15) is 0 Å². The molecule has 0 aromatic heterocycles. The van der Waals surface area contributed by atoms with Crippen LogP contribution in [0.4, 0.5) is 0 Å². The molecule has 1 N–H and O–H groups in total. The van der Waals surface area contributed by atoms with Crippen LogP contribution in [-0.4, -0.2) is 46.3 Å². The molecule has 0 saturated carbocycles. The van der Waals surface area contributed by atoms with Crippen LogP contribution in [0.15, 0.2) is 0 Å². The molecule has 0 amide bonds. The molecule has 0 atom stereocenters. The zero-order valence-corrected chi connectivity index (χ0v) is 9.22. The number of methoxy groups -OCH3 is 3. The summed E-state index contributed by atoms with van der Waals surface area (Å²) in [7, 11) is 4.94. The van der Waals surface area contributed by atoms with E-state index in [0.717, 1.165) is 0 Å². The molecule has 0 aliphatic rings. The molecule has 0 saturated heterocycles. The molecule has 0 aliphatic carbocycles. The normalized spacial score (nSPS) is 12.5. The van der Waals surface area contributed by atoms with Crippen LogP contribution >= 0.6 is 0 Å². The highest BCUT2D eigenvalue weighted by molar-refractivity contribution is 4.76. The van der Waals surface area contributed by atoms with Crippen molar-refractivity contribution >= 4 is 0 Å². The van der Waals surface area contributed by atoms with Crippen LogP contribution in [-0.2, 0) is 14.2 Å². The van der Waals surface area contributed by atoms with Crippen LogP contribution in [0.3, 0.4) is 0 Å². The van der Waals surface area contributed by atoms with Gasteiger partial charge in [-0.15, -0.1) is 0 Å². The van der Waals surface area contributed by atoms with Crippen LogP contribution in [0.5, 0.6) is 0 Å². The van der Waals surface area contributed by atoms with E-state index in [0.29, 0.717) is 13.2 Å². The Balaban J connectivity index is 3.71. The first kappa shape index (κ1) is 12.8. The van der Waals surface area contributed by atoms with Crippen molar-refractivity contribution in [3.8, 4) is 0 Å². The van der Waals surface area contributed by atoms with E-state index in [1.165, 1.54) is 0 Å². The lowest BCUT2D eigenvalue weighted by molar-refractivity contribution is -0.102. The predicted molar refractivity (Wildman–Crippen MR) is 51.8 cm³/mol. The molecule has 4 nitrogen and oxygen atoms in total. The van der Waals surface area contributed by atoms with Crippen LogP contribution < -0.4 is 5.32 Å². The lowest BCUT2D eigenvalue weighted by Crippen LogP contribution is -2.47. The number of hydrogen-bond donors (Lipinski definition) is 1. The average molecular weight is 191 g/mol. The van der Waals surface area contributed by atoms with E-state index in [1.807, 2.05) is 0 Å². The molecule has 0 fully saturated rings. The van der Waals surface area contributed by atoms with Gasteiger partial charge in [0.1, 0.15) is 0 Å². The lowest BCUT2D eigenvalue weighted by atomic mass is 10.1. The van der Waals surface area contributed by atoms with Gasteiger partial charge in [-0.1, -0.05) is 0 Å². The highest BCUT2D eigenvalue weighted by Gasteiger charge is 2.18. The standard InChI is InChI=1S/C9H21NO3/c1-9(2,7-11-3)10-6-8(12-4)13-5/h8,10H,6-7H2,1-5H3. The van der Waals surface area contributed by atoms with Crippen molar-refractivity contribution < 1.29 is 14.2 Å². The first-order valence-corrected chi connectivity index (χ1v) is 4.35. The molecule has 80 valence electrons. The van der Waals surface area contributed by atoms with Crippen LogP contribution in [0.1, 0.15) is 13.8 Å². The quantitative estimate of drug-likeness (QED) is 0.599. The maximum atomic E-state index is 5.06. The molecule has 0 heterocycles. The van der Waals surface area contributed by atoms with Crippen LogP contribution in [0.25, 0.3) is 0 Å². The highest BCUT2D eigenvalue weighted by Crippen LogP contribution is 2.02. The maximum absolute atomic E-state index is 5.06. The number of ether oxygens (including phenoxy) is 3. The summed E-state index contributed by atoms with van der Waals surface area (Å²) < 4.78 is 15.2. The largest absolute Gasteiger partial charge is 0.383 e. The molecule has 0 rings (SSSR count). The van der Waals surface area contributed by atoms with E-state index < -0.39 is 0 Å². The SMILES string of the molecule is COCC(C)(C)NCC(OC)OC. The molecule has 0 aromatic rings. The molecule has 0 unspecified atom stereocenters. The Bertz CT molecular complexity index is 124. The minimum absolute atomic E-state index is 0.0515. The Hall–Kier alpha value is -0.160. The number of nitrogens with one attached hydrogen (secondary N) is 1. The summed E-state index contributed by atoms with van der Waals surface area (Å²) in [5, 5.41) is 3.29. The van der Waals surface area contributed by atoms with Crippen molar-refractivity contribution in [1.82, 2.24) is 5.32 Å². The fourth-order valence-corrected chi connectivity index (χ4v) is 1.03. The molecule has 0 radical (unpaired) electrons. The zero-order chi connectivity index (χ0) is 10.3. The molecule has 0 bridgehead atoms. The first-order chi connectivity index (χ1) is 6.05. The first-order valence-electron chi connectivity index (χ1n) is 4.35. The Morgan fingerprint density at radius 3 is 2.08 bits per heavy atom. The van der Waals surface area contributed by atoms with Gasteiger partial charge in [-0.05, 0) is 13.8 Å². The Labute approximate surface area is 80.5 Å². The van der Waals surface area contributed by atoms with E-state index in [1.54, 1.807) is 21.3 Å². The smallest absolute Gasteiger partial charge is 0.169 e. The molecule has 0 aromatic carbocycles. The molecule has 0 aliphatic heterocycles. The Morgan fingerprint density at radius 1 is 1.15 bits per heavy atom. The average Bonchev–Trinajstić information content (AvgIpc) is 2.06. The molecular weight excluding hydrogens is 170 g/mol. The second-order valence-electron chi connectivity index (χ2n) is 3.60. The molecule has 0 spiro atoms. The highest BCUT2D eigenvalue weighted by atomic mass is 16.7. The second-order valence-corrected chi connectivity index (χ2v) is 3.60. The summed E-state index contributed by atoms with van der Waals surface area (Å²) in [6, 6.07) is 0. The summed E-state index contributed by atoms with van der Waals surface area (Å²) in [4.78, 5) is 0. The van der Waals surface area contributed by atoms with Crippen molar-refractivity contribution in [2.45, 2.75) is 25.7 Å². The topological polar surface area (TPSA) is 39.7 Å². The van der Waals surface area contributed by atoms with Crippen molar-refractivity contribution in [3.05, 3.63) is 0 Å². The fourth-order valence-electron chi connectivity index (χ4n) is 1.03. The maximum Gasteiger partial charge on any atom is 0.169 e. The van der Waals surface area contributed by atoms with E-state index >= 15 is 0 Å². The van der Waals surface area contributed by atoms with Crippen LogP contribution in [0, 0.1) is 0 Å². The molecular formula is C9H21NO3. The summed E-state index contributed by atoms with van der Waals surface area (Å²) in [6.45, 7) is 5.45. The van der Waals surface area contributed by atoms with Gasteiger partial charge in [-0.25, -0.2) is 0 Å². The monoisotopic (exact) mass is 191 g/mol. The van der Waals surface area contributed by atoms with Crippen molar-refractivity contribution in [3.63, 3.8) is 0 Å².